The fraction of sp³-hybridized carbons (Fsp3) is 0.528. The Morgan fingerprint density at radius 2 is 1.42 bits per heavy atom. The van der Waals surface area contributed by atoms with Crippen molar-refractivity contribution < 1.29 is 66.9 Å². The number of aliphatic carboxylic acids is 1. The molecular formula is C36H43F2N2NaO6S. The third kappa shape index (κ3) is 7.77. The van der Waals surface area contributed by atoms with Gasteiger partial charge >= 0.3 is 29.6 Å². The summed E-state index contributed by atoms with van der Waals surface area (Å²) in [5, 5.41) is 31.9. The zero-order valence-corrected chi connectivity index (χ0v) is 30.6. The van der Waals surface area contributed by atoms with E-state index in [9.17, 15) is 37.3 Å². The minimum Gasteiger partial charge on any atom is -0.550 e. The normalized spacial score (nSPS) is 24.4. The van der Waals surface area contributed by atoms with E-state index in [4.69, 9.17) is 0 Å². The summed E-state index contributed by atoms with van der Waals surface area (Å²) in [4.78, 5) is 11.0. The molecule has 254 valence electrons. The number of hydrogen-bond acceptors (Lipinski definition) is 6. The van der Waals surface area contributed by atoms with Crippen LogP contribution in [0.15, 0.2) is 53.4 Å². The molecule has 3 aromatic rings. The average molecular weight is 693 g/mol. The number of rotatable bonds is 13. The molecule has 2 atom stereocenters. The Balaban J connectivity index is 0.00000451. The van der Waals surface area contributed by atoms with Gasteiger partial charge in [0.2, 0.25) is 10.0 Å². The maximum Gasteiger partial charge on any atom is 1.00 e. The van der Waals surface area contributed by atoms with Crippen molar-refractivity contribution >= 4 is 16.0 Å². The molecule has 7 rings (SSSR count). The maximum absolute atomic E-state index is 14.8. The number of carboxylic acids is 1. The van der Waals surface area contributed by atoms with Crippen molar-refractivity contribution in [2.75, 3.05) is 0 Å². The molecule has 4 aliphatic carbocycles. The van der Waals surface area contributed by atoms with Gasteiger partial charge in [0.15, 0.2) is 0 Å². The van der Waals surface area contributed by atoms with E-state index in [1.807, 2.05) is 18.4 Å². The predicted octanol–water partition coefficient (Wildman–Crippen LogP) is 1.97. The fourth-order valence-corrected chi connectivity index (χ4v) is 10.8. The number of benzene rings is 2. The first-order valence-corrected chi connectivity index (χ1v) is 18.2. The van der Waals surface area contributed by atoms with Crippen LogP contribution in [0, 0.1) is 35.3 Å². The molecule has 0 amide bonds. The van der Waals surface area contributed by atoms with E-state index in [1.54, 1.807) is 24.3 Å². The molecule has 48 heavy (non-hydrogen) atoms. The Hall–Kier alpha value is -2.12. The van der Waals surface area contributed by atoms with Crippen LogP contribution in [0.2, 0.25) is 0 Å². The Morgan fingerprint density at radius 1 is 0.896 bits per heavy atom. The van der Waals surface area contributed by atoms with E-state index in [1.165, 1.54) is 30.7 Å². The number of hydrogen-bond donors (Lipinski definition) is 3. The molecule has 1 aromatic heterocycles. The Morgan fingerprint density at radius 3 is 1.92 bits per heavy atom. The van der Waals surface area contributed by atoms with E-state index in [0.717, 1.165) is 25.7 Å². The van der Waals surface area contributed by atoms with Gasteiger partial charge in [-0.1, -0.05) is 26.0 Å². The minimum atomic E-state index is -4.17. The molecule has 2 aromatic carbocycles. The first kappa shape index (κ1) is 37.1. The third-order valence-electron chi connectivity index (χ3n) is 10.5. The van der Waals surface area contributed by atoms with Crippen LogP contribution < -0.4 is 39.4 Å². The van der Waals surface area contributed by atoms with E-state index in [2.05, 4.69) is 4.72 Å². The van der Waals surface area contributed by atoms with Crippen LogP contribution in [0.3, 0.4) is 0 Å². The molecule has 0 saturated heterocycles. The van der Waals surface area contributed by atoms with Crippen LogP contribution in [-0.4, -0.2) is 47.4 Å². The summed E-state index contributed by atoms with van der Waals surface area (Å²) in [5.41, 5.74) is 2.34. The summed E-state index contributed by atoms with van der Waals surface area (Å²) in [7, 11) is -4.17. The molecule has 4 saturated carbocycles. The maximum atomic E-state index is 14.8. The number of halogens is 2. The van der Waals surface area contributed by atoms with Gasteiger partial charge in [-0.2, -0.15) is 0 Å². The SMILES string of the molecule is CC(C)c1c(S(=O)(=O)NC2C3CC4CC(C3)CC2C4)c(-c2ccc(F)cc2)c(-c2ccc(F)cc2)n1CCC(O)CC(O)CC(=O)[O-].[Na+]. The Bertz CT molecular complexity index is 1680. The molecule has 2 unspecified atom stereocenters. The van der Waals surface area contributed by atoms with Crippen LogP contribution in [0.25, 0.3) is 22.4 Å². The van der Waals surface area contributed by atoms with Crippen LogP contribution >= 0.6 is 0 Å². The molecule has 4 aliphatic rings. The van der Waals surface area contributed by atoms with Gasteiger partial charge in [0, 0.05) is 36.2 Å². The molecule has 8 nitrogen and oxygen atoms in total. The number of nitrogens with one attached hydrogen (secondary N) is 1. The second kappa shape index (κ2) is 15.0. The molecule has 3 N–H and O–H groups in total. The van der Waals surface area contributed by atoms with Gasteiger partial charge in [0.1, 0.15) is 16.5 Å². The van der Waals surface area contributed by atoms with E-state index in [0.29, 0.717) is 39.9 Å². The molecule has 4 bridgehead atoms. The van der Waals surface area contributed by atoms with Crippen LogP contribution in [0.5, 0.6) is 0 Å². The van der Waals surface area contributed by atoms with Crippen LogP contribution in [0.4, 0.5) is 8.78 Å². The summed E-state index contributed by atoms with van der Waals surface area (Å²) in [6, 6.07) is 11.2. The van der Waals surface area contributed by atoms with E-state index >= 15 is 0 Å². The zero-order chi connectivity index (χ0) is 33.6. The topological polar surface area (TPSA) is 132 Å². The van der Waals surface area contributed by atoms with Gasteiger partial charge in [-0.3, -0.25) is 0 Å². The van der Waals surface area contributed by atoms with Gasteiger partial charge in [-0.15, -0.1) is 0 Å². The largest absolute Gasteiger partial charge is 1.00 e. The summed E-state index contributed by atoms with van der Waals surface area (Å²) in [6.45, 7) is 3.88. The van der Waals surface area contributed by atoms with E-state index in [-0.39, 0.29) is 77.6 Å². The first-order chi connectivity index (χ1) is 22.3. The number of aromatic nitrogens is 1. The predicted molar refractivity (Wildman–Crippen MR) is 171 cm³/mol. The monoisotopic (exact) mass is 692 g/mol. The number of carbonyl (C=O) groups is 1. The van der Waals surface area contributed by atoms with Crippen molar-refractivity contribution in [2.24, 2.45) is 23.7 Å². The Labute approximate surface area is 303 Å². The number of aliphatic hydroxyl groups is 2. The van der Waals surface area contributed by atoms with Crippen molar-refractivity contribution in [3.05, 3.63) is 65.9 Å². The van der Waals surface area contributed by atoms with Crippen molar-refractivity contribution in [3.8, 4) is 22.4 Å². The number of carbonyl (C=O) groups excluding carboxylic acids is 1. The fourth-order valence-electron chi connectivity index (χ4n) is 8.83. The number of aliphatic hydroxyl groups excluding tert-OH is 2. The molecule has 12 heteroatoms. The van der Waals surface area contributed by atoms with Crippen molar-refractivity contribution in [1.29, 1.82) is 0 Å². The van der Waals surface area contributed by atoms with Gasteiger partial charge in [0.25, 0.3) is 0 Å². The molecule has 4 fully saturated rings. The summed E-state index contributed by atoms with van der Waals surface area (Å²) in [6.07, 6.45) is 2.14. The second-order valence-corrected chi connectivity index (χ2v) is 15.9. The standard InChI is InChI=1S/C36H44F2N2O6S.Na/c1-20(2)34-36(47(45,46)39-33-25-14-21-13-22(16-25)17-26(33)15-21)32(23-3-7-27(37)8-4-23)35(24-5-9-28(38)10-6-24)40(34)12-11-29(41)18-30(42)19-31(43)44;/h3-10,20-22,25-26,29-30,33,39,41-42H,11-19H2,1-2H3,(H,43,44);/q;+1/p-1. The smallest absolute Gasteiger partial charge is 0.550 e. The van der Waals surface area contributed by atoms with Gasteiger partial charge in [-0.25, -0.2) is 21.9 Å². The average Bonchev–Trinajstić information content (AvgIpc) is 3.34. The van der Waals surface area contributed by atoms with Crippen molar-refractivity contribution in [2.45, 2.75) is 101 Å². The van der Waals surface area contributed by atoms with Gasteiger partial charge < -0.3 is 24.7 Å². The van der Waals surface area contributed by atoms with Crippen molar-refractivity contribution in [1.82, 2.24) is 9.29 Å². The third-order valence-corrected chi connectivity index (χ3v) is 12.0. The summed E-state index contributed by atoms with van der Waals surface area (Å²) >= 11 is 0. The van der Waals surface area contributed by atoms with Crippen LogP contribution in [0.1, 0.15) is 76.8 Å². The first-order valence-electron chi connectivity index (χ1n) is 16.7. The molecule has 0 aliphatic heterocycles. The number of carboxylic acid groups (broad SMARTS) is 1. The summed E-state index contributed by atoms with van der Waals surface area (Å²) < 4.78 is 63.1. The molecule has 1 heterocycles. The van der Waals surface area contributed by atoms with Crippen molar-refractivity contribution in [3.63, 3.8) is 0 Å². The van der Waals surface area contributed by atoms with Gasteiger partial charge in [-0.05, 0) is 122 Å². The molecule has 0 spiro atoms. The molecular weight excluding hydrogens is 649 g/mol. The quantitative estimate of drug-likeness (QED) is 0.235. The minimum absolute atomic E-state index is 0. The van der Waals surface area contributed by atoms with Crippen LogP contribution in [-0.2, 0) is 21.4 Å². The van der Waals surface area contributed by atoms with E-state index < -0.39 is 46.3 Å². The Kier molecular flexibility index (Phi) is 11.6. The zero-order valence-electron chi connectivity index (χ0n) is 27.7. The molecule has 0 radical (unpaired) electrons. The number of nitrogens with zero attached hydrogens (tertiary/aromatic N) is 1. The number of sulfonamides is 1. The second-order valence-electron chi connectivity index (χ2n) is 14.2. The summed E-state index contributed by atoms with van der Waals surface area (Å²) in [5.74, 6) is -0.833. The van der Waals surface area contributed by atoms with Gasteiger partial charge in [0.05, 0.1) is 17.9 Å².